The molecule has 2 aromatic rings. The van der Waals surface area contributed by atoms with E-state index in [9.17, 15) is 4.39 Å². The fraction of sp³-hybridized carbons (Fsp3) is 0.0909. The van der Waals surface area contributed by atoms with Crippen molar-refractivity contribution in [3.8, 4) is 17.5 Å². The number of halogens is 1. The maximum atomic E-state index is 13.3. The smallest absolute Gasteiger partial charge is 0.140 e. The quantitative estimate of drug-likeness (QED) is 0.810. The van der Waals surface area contributed by atoms with Gasteiger partial charge in [-0.3, -0.25) is 0 Å². The molecule has 1 heterocycles. The number of nitrogens with one attached hydrogen (secondary N) is 1. The molecule has 0 fully saturated rings. The number of imidazole rings is 1. The first kappa shape index (κ1) is 9.41. The van der Waals surface area contributed by atoms with E-state index in [1.54, 1.807) is 24.4 Å². The number of aromatic amines is 1. The van der Waals surface area contributed by atoms with E-state index in [0.29, 0.717) is 17.1 Å². The zero-order valence-corrected chi connectivity index (χ0v) is 7.87. The summed E-state index contributed by atoms with van der Waals surface area (Å²) in [5.74, 6) is 0.133. The van der Waals surface area contributed by atoms with Crippen molar-refractivity contribution in [1.29, 1.82) is 5.26 Å². The number of benzene rings is 1. The second kappa shape index (κ2) is 3.93. The van der Waals surface area contributed by atoms with E-state index in [4.69, 9.17) is 5.26 Å². The van der Waals surface area contributed by atoms with E-state index >= 15 is 0 Å². The molecule has 74 valence electrons. The van der Waals surface area contributed by atoms with Crippen LogP contribution in [0.4, 0.5) is 4.39 Å². The van der Waals surface area contributed by atoms with Crippen molar-refractivity contribution in [3.05, 3.63) is 42.0 Å². The highest BCUT2D eigenvalue weighted by atomic mass is 19.1. The number of H-pyrrole nitrogens is 1. The van der Waals surface area contributed by atoms with Crippen molar-refractivity contribution in [2.75, 3.05) is 0 Å². The molecule has 0 aliphatic heterocycles. The lowest BCUT2D eigenvalue weighted by molar-refractivity contribution is 0.630. The SMILES string of the molecule is N#CCc1cnc(-c2ccccc2F)[nH]1. The Balaban J connectivity index is 2.38. The first-order valence-corrected chi connectivity index (χ1v) is 4.47. The number of aromatic nitrogens is 2. The summed E-state index contributed by atoms with van der Waals surface area (Å²) in [6, 6.07) is 8.38. The number of rotatable bonds is 2. The normalized spacial score (nSPS) is 9.87. The van der Waals surface area contributed by atoms with E-state index in [0.717, 1.165) is 0 Å². The number of hydrogen-bond donors (Lipinski definition) is 1. The van der Waals surface area contributed by atoms with Gasteiger partial charge in [-0.15, -0.1) is 0 Å². The minimum atomic E-state index is -0.324. The molecule has 0 aliphatic rings. The summed E-state index contributed by atoms with van der Waals surface area (Å²) in [6.07, 6.45) is 1.80. The van der Waals surface area contributed by atoms with Crippen LogP contribution in [0.15, 0.2) is 30.5 Å². The molecule has 0 bridgehead atoms. The minimum Gasteiger partial charge on any atom is -0.341 e. The predicted molar refractivity (Wildman–Crippen MR) is 53.3 cm³/mol. The summed E-state index contributed by atoms with van der Waals surface area (Å²) in [4.78, 5) is 6.92. The van der Waals surface area contributed by atoms with Crippen molar-refractivity contribution in [2.24, 2.45) is 0 Å². The van der Waals surface area contributed by atoms with Gasteiger partial charge < -0.3 is 4.98 Å². The molecule has 4 heteroatoms. The van der Waals surface area contributed by atoms with Crippen LogP contribution in [0.5, 0.6) is 0 Å². The monoisotopic (exact) mass is 201 g/mol. The molecule has 1 aromatic carbocycles. The average Bonchev–Trinajstić information content (AvgIpc) is 2.68. The molecular formula is C11H8FN3. The van der Waals surface area contributed by atoms with Gasteiger partial charge in [0.25, 0.3) is 0 Å². The van der Waals surface area contributed by atoms with Gasteiger partial charge in [-0.05, 0) is 12.1 Å². The van der Waals surface area contributed by atoms with Gasteiger partial charge in [-0.1, -0.05) is 12.1 Å². The van der Waals surface area contributed by atoms with E-state index in [1.807, 2.05) is 6.07 Å². The lowest BCUT2D eigenvalue weighted by Crippen LogP contribution is -1.86. The molecule has 1 N–H and O–H groups in total. The third-order valence-corrected chi connectivity index (χ3v) is 2.03. The van der Waals surface area contributed by atoms with Gasteiger partial charge in [0.1, 0.15) is 11.6 Å². The molecule has 2 rings (SSSR count). The van der Waals surface area contributed by atoms with Crippen molar-refractivity contribution in [3.63, 3.8) is 0 Å². The molecule has 0 saturated carbocycles. The third kappa shape index (κ3) is 1.86. The van der Waals surface area contributed by atoms with Crippen LogP contribution in [-0.2, 0) is 6.42 Å². The van der Waals surface area contributed by atoms with Crippen LogP contribution in [0.1, 0.15) is 5.69 Å². The summed E-state index contributed by atoms with van der Waals surface area (Å²) < 4.78 is 13.3. The highest BCUT2D eigenvalue weighted by molar-refractivity contribution is 5.55. The predicted octanol–water partition coefficient (Wildman–Crippen LogP) is 2.28. The fourth-order valence-corrected chi connectivity index (χ4v) is 1.32. The number of hydrogen-bond acceptors (Lipinski definition) is 2. The largest absolute Gasteiger partial charge is 0.341 e. The molecule has 3 nitrogen and oxygen atoms in total. The van der Waals surface area contributed by atoms with Gasteiger partial charge >= 0.3 is 0 Å². The van der Waals surface area contributed by atoms with Crippen LogP contribution in [0.25, 0.3) is 11.4 Å². The Hall–Kier alpha value is -2.15. The zero-order chi connectivity index (χ0) is 10.7. The third-order valence-electron chi connectivity index (χ3n) is 2.03. The topological polar surface area (TPSA) is 52.5 Å². The highest BCUT2D eigenvalue weighted by Gasteiger charge is 2.07. The second-order valence-electron chi connectivity index (χ2n) is 3.07. The standard InChI is InChI=1S/C11H8FN3/c12-10-4-2-1-3-9(10)11-14-7-8(15-11)5-6-13/h1-4,7H,5H2,(H,14,15). The Morgan fingerprint density at radius 1 is 1.40 bits per heavy atom. The minimum absolute atomic E-state index is 0.251. The second-order valence-corrected chi connectivity index (χ2v) is 3.07. The maximum Gasteiger partial charge on any atom is 0.140 e. The fourth-order valence-electron chi connectivity index (χ4n) is 1.32. The summed E-state index contributed by atoms with van der Waals surface area (Å²) in [5.41, 5.74) is 1.11. The van der Waals surface area contributed by atoms with Crippen molar-refractivity contribution in [1.82, 2.24) is 9.97 Å². The van der Waals surface area contributed by atoms with Gasteiger partial charge in [0.05, 0.1) is 18.1 Å². The summed E-state index contributed by atoms with van der Waals surface area (Å²) in [5, 5.41) is 8.48. The highest BCUT2D eigenvalue weighted by Crippen LogP contribution is 2.18. The molecular weight excluding hydrogens is 193 g/mol. The lowest BCUT2D eigenvalue weighted by atomic mass is 10.2. The van der Waals surface area contributed by atoms with Crippen molar-refractivity contribution < 1.29 is 4.39 Å². The van der Waals surface area contributed by atoms with Gasteiger partial charge in [0, 0.05) is 11.9 Å². The molecule has 1 aromatic heterocycles. The van der Waals surface area contributed by atoms with Gasteiger partial charge in [0.2, 0.25) is 0 Å². The Kier molecular flexibility index (Phi) is 2.46. The first-order chi connectivity index (χ1) is 7.31. The molecule has 0 unspecified atom stereocenters. The summed E-state index contributed by atoms with van der Waals surface area (Å²) >= 11 is 0. The molecule has 0 spiro atoms. The Labute approximate surface area is 86.2 Å². The lowest BCUT2D eigenvalue weighted by Gasteiger charge is -1.97. The van der Waals surface area contributed by atoms with Crippen LogP contribution < -0.4 is 0 Å². The van der Waals surface area contributed by atoms with Crippen molar-refractivity contribution in [2.45, 2.75) is 6.42 Å². The van der Waals surface area contributed by atoms with Crippen LogP contribution in [0.3, 0.4) is 0 Å². The Morgan fingerprint density at radius 3 is 2.93 bits per heavy atom. The van der Waals surface area contributed by atoms with Gasteiger partial charge in [-0.2, -0.15) is 5.26 Å². The van der Waals surface area contributed by atoms with E-state index < -0.39 is 0 Å². The van der Waals surface area contributed by atoms with Gasteiger partial charge in [0.15, 0.2) is 0 Å². The molecule has 0 radical (unpaired) electrons. The maximum absolute atomic E-state index is 13.3. The summed E-state index contributed by atoms with van der Waals surface area (Å²) in [6.45, 7) is 0. The van der Waals surface area contributed by atoms with Crippen LogP contribution >= 0.6 is 0 Å². The Bertz CT molecular complexity index is 511. The van der Waals surface area contributed by atoms with Gasteiger partial charge in [-0.25, -0.2) is 9.37 Å². The number of nitrogens with zero attached hydrogens (tertiary/aromatic N) is 2. The zero-order valence-electron chi connectivity index (χ0n) is 7.87. The van der Waals surface area contributed by atoms with Crippen LogP contribution in [-0.4, -0.2) is 9.97 Å². The summed E-state index contributed by atoms with van der Waals surface area (Å²) in [7, 11) is 0. The molecule has 0 amide bonds. The Morgan fingerprint density at radius 2 is 2.20 bits per heavy atom. The molecule has 15 heavy (non-hydrogen) atoms. The van der Waals surface area contributed by atoms with Crippen molar-refractivity contribution >= 4 is 0 Å². The molecule has 0 saturated heterocycles. The van der Waals surface area contributed by atoms with E-state index in [-0.39, 0.29) is 12.2 Å². The first-order valence-electron chi connectivity index (χ1n) is 4.47. The molecule has 0 aliphatic carbocycles. The van der Waals surface area contributed by atoms with E-state index in [2.05, 4.69) is 9.97 Å². The van der Waals surface area contributed by atoms with Crippen LogP contribution in [0, 0.1) is 17.1 Å². The number of nitriles is 1. The average molecular weight is 201 g/mol. The molecule has 0 atom stereocenters. The van der Waals surface area contributed by atoms with E-state index in [1.165, 1.54) is 6.07 Å². The van der Waals surface area contributed by atoms with Crippen LogP contribution in [0.2, 0.25) is 0 Å².